The zero-order chi connectivity index (χ0) is 15.4. The first-order valence-corrected chi connectivity index (χ1v) is 9.06. The molecule has 5 heteroatoms. The second-order valence-corrected chi connectivity index (χ2v) is 7.20. The van der Waals surface area contributed by atoms with Gasteiger partial charge in [0.05, 0.1) is 4.90 Å². The van der Waals surface area contributed by atoms with Gasteiger partial charge in [-0.2, -0.15) is 0 Å². The fourth-order valence-electron chi connectivity index (χ4n) is 2.71. The first-order chi connectivity index (χ1) is 10.6. The zero-order valence-electron chi connectivity index (χ0n) is 12.4. The summed E-state index contributed by atoms with van der Waals surface area (Å²) in [6, 6.07) is 16.1. The largest absolute Gasteiger partial charge is 0.372 e. The van der Waals surface area contributed by atoms with Crippen LogP contribution in [-0.4, -0.2) is 21.5 Å². The number of anilines is 2. The van der Waals surface area contributed by atoms with Gasteiger partial charge in [0.1, 0.15) is 0 Å². The van der Waals surface area contributed by atoms with E-state index in [2.05, 4.69) is 9.62 Å². The minimum atomic E-state index is -3.53. The Hall–Kier alpha value is -2.01. The molecule has 1 N–H and O–H groups in total. The lowest BCUT2D eigenvalue weighted by Crippen LogP contribution is -2.29. The number of piperidine rings is 1. The fourth-order valence-corrected chi connectivity index (χ4v) is 3.77. The highest BCUT2D eigenvalue weighted by Gasteiger charge is 2.16. The second kappa shape index (κ2) is 6.40. The molecule has 4 nitrogen and oxygen atoms in total. The molecule has 22 heavy (non-hydrogen) atoms. The van der Waals surface area contributed by atoms with Gasteiger partial charge in [-0.3, -0.25) is 4.72 Å². The second-order valence-electron chi connectivity index (χ2n) is 5.51. The molecular formula is C17H20N2O2S. The van der Waals surface area contributed by atoms with Crippen LogP contribution in [0.5, 0.6) is 0 Å². The van der Waals surface area contributed by atoms with Crippen molar-refractivity contribution in [2.24, 2.45) is 0 Å². The van der Waals surface area contributed by atoms with Crippen molar-refractivity contribution < 1.29 is 8.42 Å². The van der Waals surface area contributed by atoms with Gasteiger partial charge in [0.15, 0.2) is 0 Å². The van der Waals surface area contributed by atoms with Crippen LogP contribution >= 0.6 is 0 Å². The van der Waals surface area contributed by atoms with Crippen molar-refractivity contribution in [1.82, 2.24) is 0 Å². The van der Waals surface area contributed by atoms with Crippen LogP contribution < -0.4 is 9.62 Å². The Morgan fingerprint density at radius 2 is 1.45 bits per heavy atom. The highest BCUT2D eigenvalue weighted by Crippen LogP contribution is 2.23. The van der Waals surface area contributed by atoms with Crippen molar-refractivity contribution >= 4 is 21.4 Å². The van der Waals surface area contributed by atoms with Crippen LogP contribution in [-0.2, 0) is 10.0 Å². The molecule has 0 atom stereocenters. The number of hydrogen-bond donors (Lipinski definition) is 1. The van der Waals surface area contributed by atoms with E-state index in [0.29, 0.717) is 5.69 Å². The molecule has 0 aliphatic carbocycles. The first kappa shape index (κ1) is 14.9. The van der Waals surface area contributed by atoms with Crippen LogP contribution in [0.15, 0.2) is 59.5 Å². The highest BCUT2D eigenvalue weighted by molar-refractivity contribution is 7.92. The summed E-state index contributed by atoms with van der Waals surface area (Å²) in [5.74, 6) is 0. The molecular weight excluding hydrogens is 296 g/mol. The van der Waals surface area contributed by atoms with Gasteiger partial charge >= 0.3 is 0 Å². The van der Waals surface area contributed by atoms with Gasteiger partial charge in [0.25, 0.3) is 10.0 Å². The molecule has 0 unspecified atom stereocenters. The maximum Gasteiger partial charge on any atom is 0.261 e. The highest BCUT2D eigenvalue weighted by atomic mass is 32.2. The number of benzene rings is 2. The number of hydrogen-bond acceptors (Lipinski definition) is 3. The molecule has 1 saturated heterocycles. The average molecular weight is 316 g/mol. The van der Waals surface area contributed by atoms with Crippen molar-refractivity contribution in [3.8, 4) is 0 Å². The monoisotopic (exact) mass is 316 g/mol. The Labute approximate surface area is 131 Å². The summed E-state index contributed by atoms with van der Waals surface area (Å²) in [4.78, 5) is 2.60. The molecule has 1 fully saturated rings. The third-order valence-electron chi connectivity index (χ3n) is 3.89. The van der Waals surface area contributed by atoms with Gasteiger partial charge in [-0.05, 0) is 55.7 Å². The molecule has 2 aromatic carbocycles. The molecule has 3 rings (SSSR count). The van der Waals surface area contributed by atoms with Gasteiger partial charge in [0, 0.05) is 24.5 Å². The third kappa shape index (κ3) is 3.42. The summed E-state index contributed by atoms with van der Waals surface area (Å²) < 4.78 is 27.3. The third-order valence-corrected chi connectivity index (χ3v) is 5.29. The van der Waals surface area contributed by atoms with Gasteiger partial charge in [-0.15, -0.1) is 0 Å². The number of para-hydroxylation sites is 1. The van der Waals surface area contributed by atoms with Crippen molar-refractivity contribution in [2.45, 2.75) is 24.2 Å². The summed E-state index contributed by atoms with van der Waals surface area (Å²) in [5, 5.41) is 0. The minimum absolute atomic E-state index is 0.289. The van der Waals surface area contributed by atoms with Gasteiger partial charge in [-0.1, -0.05) is 18.2 Å². The van der Waals surface area contributed by atoms with Gasteiger partial charge in [-0.25, -0.2) is 8.42 Å². The molecule has 0 radical (unpaired) electrons. The molecule has 0 amide bonds. The van der Waals surface area contributed by atoms with E-state index in [9.17, 15) is 8.42 Å². The molecule has 116 valence electrons. The van der Waals surface area contributed by atoms with Crippen molar-refractivity contribution in [3.05, 3.63) is 54.6 Å². The average Bonchev–Trinajstić information content (AvgIpc) is 2.56. The predicted molar refractivity (Wildman–Crippen MR) is 89.8 cm³/mol. The summed E-state index contributed by atoms with van der Waals surface area (Å²) in [7, 11) is -3.53. The molecule has 0 aromatic heterocycles. The minimum Gasteiger partial charge on any atom is -0.372 e. The standard InChI is InChI=1S/C17H20N2O2S/c20-22(21,18-15-7-3-1-4-8-15)17-11-9-16(10-12-17)19-13-5-2-6-14-19/h1,3-4,7-12,18H,2,5-6,13-14H2. The maximum absolute atomic E-state index is 12.4. The van der Waals surface area contributed by atoms with E-state index in [1.807, 2.05) is 18.2 Å². The summed E-state index contributed by atoms with van der Waals surface area (Å²) >= 11 is 0. The Balaban J connectivity index is 1.76. The normalized spacial score (nSPS) is 15.5. The Morgan fingerprint density at radius 1 is 0.818 bits per heavy atom. The first-order valence-electron chi connectivity index (χ1n) is 7.58. The van der Waals surface area contributed by atoms with E-state index < -0.39 is 10.0 Å². The number of sulfonamides is 1. The SMILES string of the molecule is O=S(=O)(Nc1ccccc1)c1ccc(N2CCCCC2)cc1. The maximum atomic E-state index is 12.4. The van der Waals surface area contributed by atoms with E-state index in [0.717, 1.165) is 18.8 Å². The lowest BCUT2D eigenvalue weighted by Gasteiger charge is -2.28. The lowest BCUT2D eigenvalue weighted by atomic mass is 10.1. The topological polar surface area (TPSA) is 49.4 Å². The van der Waals surface area contributed by atoms with E-state index in [4.69, 9.17) is 0 Å². The molecule has 0 spiro atoms. The van der Waals surface area contributed by atoms with Crippen molar-refractivity contribution in [3.63, 3.8) is 0 Å². The van der Waals surface area contributed by atoms with Gasteiger partial charge in [0.2, 0.25) is 0 Å². The smallest absolute Gasteiger partial charge is 0.261 e. The quantitative estimate of drug-likeness (QED) is 0.939. The summed E-state index contributed by atoms with van der Waals surface area (Å²) in [5.41, 5.74) is 1.67. The van der Waals surface area contributed by atoms with E-state index in [1.165, 1.54) is 19.3 Å². The molecule has 2 aromatic rings. The number of nitrogens with zero attached hydrogens (tertiary/aromatic N) is 1. The van der Waals surface area contributed by atoms with Crippen LogP contribution in [0, 0.1) is 0 Å². The van der Waals surface area contributed by atoms with Gasteiger partial charge < -0.3 is 4.90 Å². The van der Waals surface area contributed by atoms with Crippen LogP contribution in [0.4, 0.5) is 11.4 Å². The van der Waals surface area contributed by atoms with Crippen LogP contribution in [0.2, 0.25) is 0 Å². The van der Waals surface area contributed by atoms with E-state index >= 15 is 0 Å². The van der Waals surface area contributed by atoms with Crippen molar-refractivity contribution in [2.75, 3.05) is 22.7 Å². The lowest BCUT2D eigenvalue weighted by molar-refractivity contribution is 0.577. The van der Waals surface area contributed by atoms with Crippen LogP contribution in [0.25, 0.3) is 0 Å². The van der Waals surface area contributed by atoms with E-state index in [-0.39, 0.29) is 4.90 Å². The van der Waals surface area contributed by atoms with Crippen LogP contribution in [0.3, 0.4) is 0 Å². The summed E-state index contributed by atoms with van der Waals surface area (Å²) in [6.45, 7) is 2.10. The predicted octanol–water partition coefficient (Wildman–Crippen LogP) is 3.48. The number of rotatable bonds is 4. The molecule has 1 heterocycles. The molecule has 0 saturated carbocycles. The Morgan fingerprint density at radius 3 is 2.09 bits per heavy atom. The Bertz CT molecular complexity index is 706. The zero-order valence-corrected chi connectivity index (χ0v) is 13.2. The molecule has 1 aliphatic heterocycles. The summed E-state index contributed by atoms with van der Waals surface area (Å²) in [6.07, 6.45) is 3.69. The van der Waals surface area contributed by atoms with E-state index in [1.54, 1.807) is 36.4 Å². The fraction of sp³-hybridized carbons (Fsp3) is 0.294. The number of nitrogens with one attached hydrogen (secondary N) is 1. The molecule has 1 aliphatic rings. The van der Waals surface area contributed by atoms with Crippen molar-refractivity contribution in [1.29, 1.82) is 0 Å². The Kier molecular flexibility index (Phi) is 4.34. The molecule has 0 bridgehead atoms. The van der Waals surface area contributed by atoms with Crippen LogP contribution in [0.1, 0.15) is 19.3 Å².